The normalized spacial score (nSPS) is 11.3. The number of carbonyl (C=O) groups excluding carboxylic acids is 1. The maximum atomic E-state index is 12.2. The van der Waals surface area contributed by atoms with Crippen LogP contribution in [0.4, 0.5) is 5.82 Å². The molecule has 0 saturated heterocycles. The van der Waals surface area contributed by atoms with E-state index in [9.17, 15) is 9.59 Å². The molecule has 0 fully saturated rings. The lowest BCUT2D eigenvalue weighted by Crippen LogP contribution is -1.95. The van der Waals surface area contributed by atoms with Crippen LogP contribution in [0.25, 0.3) is 28.2 Å². The van der Waals surface area contributed by atoms with Crippen molar-refractivity contribution in [1.29, 1.82) is 0 Å². The van der Waals surface area contributed by atoms with Crippen molar-refractivity contribution < 1.29 is 19.1 Å². The second-order valence-electron chi connectivity index (χ2n) is 7.29. The van der Waals surface area contributed by atoms with E-state index in [2.05, 4.69) is 4.98 Å². The number of carboxylic acids is 1. The molecule has 0 radical (unpaired) electrons. The molecule has 0 aliphatic carbocycles. The van der Waals surface area contributed by atoms with Gasteiger partial charge in [-0.15, -0.1) is 0 Å². The zero-order valence-electron chi connectivity index (χ0n) is 16.9. The molecule has 0 saturated carbocycles. The Kier molecular flexibility index (Phi) is 6.05. The number of hydrogen-bond donors (Lipinski definition) is 2. The fourth-order valence-electron chi connectivity index (χ4n) is 3.29. The first-order valence-corrected chi connectivity index (χ1v) is 10.2. The summed E-state index contributed by atoms with van der Waals surface area (Å²) in [6.45, 7) is 0. The van der Waals surface area contributed by atoms with Gasteiger partial charge in [-0.1, -0.05) is 23.7 Å². The van der Waals surface area contributed by atoms with Crippen LogP contribution in [0.3, 0.4) is 0 Å². The Morgan fingerprint density at radius 1 is 1.06 bits per heavy atom. The molecule has 2 aromatic carbocycles. The third-order valence-corrected chi connectivity index (χ3v) is 5.26. The number of pyridine rings is 1. The van der Waals surface area contributed by atoms with Crippen molar-refractivity contribution in [3.05, 3.63) is 88.8 Å². The van der Waals surface area contributed by atoms with Gasteiger partial charge >= 0.3 is 5.97 Å². The molecular formula is C25H19ClN2O4. The highest BCUT2D eigenvalue weighted by Crippen LogP contribution is 2.33. The SMILES string of the molecule is Nc1ccc(/C=C/C(=O)CCc2cc3cc(-c4ccc(C(=O)O)cc4)cc(Cl)c3o2)cn1. The largest absolute Gasteiger partial charge is 0.478 e. The van der Waals surface area contributed by atoms with Crippen molar-refractivity contribution in [2.75, 3.05) is 5.73 Å². The van der Waals surface area contributed by atoms with E-state index in [1.165, 1.54) is 6.08 Å². The first-order chi connectivity index (χ1) is 15.4. The second-order valence-corrected chi connectivity index (χ2v) is 7.69. The van der Waals surface area contributed by atoms with Gasteiger partial charge in [-0.05, 0) is 71.3 Å². The predicted octanol–water partition coefficient (Wildman–Crippen LogP) is 5.64. The van der Waals surface area contributed by atoms with Gasteiger partial charge in [-0.3, -0.25) is 4.79 Å². The van der Waals surface area contributed by atoms with Crippen LogP contribution in [0.5, 0.6) is 0 Å². The number of aryl methyl sites for hydroxylation is 1. The minimum Gasteiger partial charge on any atom is -0.478 e. The number of aromatic nitrogens is 1. The highest BCUT2D eigenvalue weighted by atomic mass is 35.5. The molecule has 3 N–H and O–H groups in total. The predicted molar refractivity (Wildman–Crippen MR) is 125 cm³/mol. The van der Waals surface area contributed by atoms with Gasteiger partial charge in [0.05, 0.1) is 10.6 Å². The molecule has 0 unspecified atom stereocenters. The highest BCUT2D eigenvalue weighted by molar-refractivity contribution is 6.35. The molecule has 0 aliphatic rings. The van der Waals surface area contributed by atoms with Gasteiger partial charge < -0.3 is 15.3 Å². The Morgan fingerprint density at radius 3 is 2.53 bits per heavy atom. The molecule has 4 aromatic rings. The lowest BCUT2D eigenvalue weighted by molar-refractivity contribution is -0.114. The Balaban J connectivity index is 1.47. The number of rotatable bonds is 7. The lowest BCUT2D eigenvalue weighted by atomic mass is 10.0. The number of nitrogens with zero attached hydrogens (tertiary/aromatic N) is 1. The zero-order valence-corrected chi connectivity index (χ0v) is 17.7. The van der Waals surface area contributed by atoms with Gasteiger partial charge in [-0.25, -0.2) is 9.78 Å². The number of halogens is 1. The number of carbonyl (C=O) groups is 2. The van der Waals surface area contributed by atoms with Crippen molar-refractivity contribution >= 4 is 46.2 Å². The average molecular weight is 447 g/mol. The van der Waals surface area contributed by atoms with E-state index >= 15 is 0 Å². The molecule has 6 nitrogen and oxygen atoms in total. The number of nitrogen functional groups attached to an aromatic ring is 1. The van der Waals surface area contributed by atoms with Crippen LogP contribution in [0.1, 0.15) is 28.1 Å². The Morgan fingerprint density at radius 2 is 1.84 bits per heavy atom. The van der Waals surface area contributed by atoms with Crippen molar-refractivity contribution in [3.8, 4) is 11.1 Å². The summed E-state index contributed by atoms with van der Waals surface area (Å²) in [5.74, 6) is 0.0836. The first-order valence-electron chi connectivity index (χ1n) is 9.87. The lowest BCUT2D eigenvalue weighted by Gasteiger charge is -2.04. The molecule has 0 bridgehead atoms. The van der Waals surface area contributed by atoms with E-state index in [4.69, 9.17) is 26.9 Å². The summed E-state index contributed by atoms with van der Waals surface area (Å²) >= 11 is 6.42. The number of anilines is 1. The Hall–Kier alpha value is -3.90. The van der Waals surface area contributed by atoms with Crippen LogP contribution in [0, 0.1) is 0 Å². The van der Waals surface area contributed by atoms with Crippen molar-refractivity contribution in [3.63, 3.8) is 0 Å². The molecule has 7 heteroatoms. The summed E-state index contributed by atoms with van der Waals surface area (Å²) < 4.78 is 5.86. The Labute approximate surface area is 189 Å². The number of allylic oxidation sites excluding steroid dienone is 1. The third kappa shape index (κ3) is 4.87. The molecule has 0 spiro atoms. The number of fused-ring (bicyclic) bond motifs is 1. The van der Waals surface area contributed by atoms with Crippen molar-refractivity contribution in [1.82, 2.24) is 4.98 Å². The van der Waals surface area contributed by atoms with Gasteiger partial charge in [-0.2, -0.15) is 0 Å². The van der Waals surface area contributed by atoms with Crippen molar-refractivity contribution in [2.24, 2.45) is 0 Å². The van der Waals surface area contributed by atoms with E-state index in [1.807, 2.05) is 12.1 Å². The smallest absolute Gasteiger partial charge is 0.335 e. The van der Waals surface area contributed by atoms with E-state index in [0.29, 0.717) is 35.0 Å². The summed E-state index contributed by atoms with van der Waals surface area (Å²) in [4.78, 5) is 27.2. The minimum atomic E-state index is -0.973. The molecule has 32 heavy (non-hydrogen) atoms. The second kappa shape index (κ2) is 9.08. The molecule has 0 aliphatic heterocycles. The van der Waals surface area contributed by atoms with Crippen LogP contribution in [0.2, 0.25) is 5.02 Å². The van der Waals surface area contributed by atoms with E-state index in [1.54, 1.807) is 54.7 Å². The molecular weight excluding hydrogens is 428 g/mol. The summed E-state index contributed by atoms with van der Waals surface area (Å²) in [6.07, 6.45) is 5.55. The standard InChI is InChI=1S/C25H19ClN2O4/c26-22-13-18(16-3-5-17(6-4-16)25(30)31)11-19-12-21(32-24(19)22)9-8-20(29)7-1-15-2-10-23(27)28-14-15/h1-7,10-14H,8-9H2,(H2,27,28)(H,30,31)/b7-1+. The molecule has 2 aromatic heterocycles. The van der Waals surface area contributed by atoms with E-state index < -0.39 is 5.97 Å². The molecule has 0 amide bonds. The van der Waals surface area contributed by atoms with Gasteiger partial charge in [0.2, 0.25) is 0 Å². The van der Waals surface area contributed by atoms with Crippen LogP contribution in [0.15, 0.2) is 71.3 Å². The number of furan rings is 1. The maximum Gasteiger partial charge on any atom is 0.335 e. The van der Waals surface area contributed by atoms with Crippen LogP contribution >= 0.6 is 11.6 Å². The van der Waals surface area contributed by atoms with E-state index in [0.717, 1.165) is 22.1 Å². The third-order valence-electron chi connectivity index (χ3n) is 4.98. The number of carboxylic acid groups (broad SMARTS) is 1. The zero-order chi connectivity index (χ0) is 22.7. The quantitative estimate of drug-likeness (QED) is 0.355. The maximum absolute atomic E-state index is 12.2. The number of hydrogen-bond acceptors (Lipinski definition) is 5. The van der Waals surface area contributed by atoms with Crippen molar-refractivity contribution in [2.45, 2.75) is 12.8 Å². The fourth-order valence-corrected chi connectivity index (χ4v) is 3.56. The highest BCUT2D eigenvalue weighted by Gasteiger charge is 2.12. The first kappa shape index (κ1) is 21.3. The molecule has 2 heterocycles. The summed E-state index contributed by atoms with van der Waals surface area (Å²) in [5.41, 5.74) is 8.83. The van der Waals surface area contributed by atoms with E-state index in [-0.39, 0.29) is 11.3 Å². The van der Waals surface area contributed by atoms with Gasteiger partial charge in [0.15, 0.2) is 11.4 Å². The fraction of sp³-hybridized carbons (Fsp3) is 0.0800. The number of ketones is 1. The van der Waals surface area contributed by atoms with Crippen LogP contribution in [-0.4, -0.2) is 21.8 Å². The van der Waals surface area contributed by atoms with Gasteiger partial charge in [0.25, 0.3) is 0 Å². The van der Waals surface area contributed by atoms with Crippen LogP contribution < -0.4 is 5.73 Å². The number of nitrogens with two attached hydrogens (primary N) is 1. The monoisotopic (exact) mass is 446 g/mol. The molecule has 0 atom stereocenters. The summed E-state index contributed by atoms with van der Waals surface area (Å²) in [7, 11) is 0. The molecule has 4 rings (SSSR count). The number of benzene rings is 2. The molecule has 160 valence electrons. The number of aromatic carboxylic acids is 1. The van der Waals surface area contributed by atoms with Gasteiger partial charge in [0.1, 0.15) is 11.6 Å². The topological polar surface area (TPSA) is 106 Å². The van der Waals surface area contributed by atoms with Crippen LogP contribution in [-0.2, 0) is 11.2 Å². The summed E-state index contributed by atoms with van der Waals surface area (Å²) in [6, 6.07) is 15.6. The average Bonchev–Trinajstić information content (AvgIpc) is 3.21. The minimum absolute atomic E-state index is 0.0346. The van der Waals surface area contributed by atoms with Gasteiger partial charge in [0, 0.05) is 24.4 Å². The summed E-state index contributed by atoms with van der Waals surface area (Å²) in [5, 5.41) is 10.3. The Bertz CT molecular complexity index is 1320.